The van der Waals surface area contributed by atoms with E-state index >= 15 is 0 Å². The maximum Gasteiger partial charge on any atom is 0.339 e. The van der Waals surface area contributed by atoms with E-state index in [1.165, 1.54) is 6.07 Å². The number of pyridine rings is 1. The van der Waals surface area contributed by atoms with Crippen molar-refractivity contribution in [3.05, 3.63) is 23.4 Å². The van der Waals surface area contributed by atoms with Crippen LogP contribution in [-0.4, -0.2) is 22.0 Å². The van der Waals surface area contributed by atoms with Crippen molar-refractivity contribution in [3.8, 4) is 0 Å². The topological polar surface area (TPSA) is 76.2 Å². The zero-order valence-corrected chi connectivity index (χ0v) is 9.70. The third-order valence-corrected chi connectivity index (χ3v) is 3.31. The molecule has 0 spiro atoms. The summed E-state index contributed by atoms with van der Waals surface area (Å²) in [6, 6.07) is 2.95. The Bertz CT molecular complexity index is 467. The molecular formula is C12H14F2N2O2. The van der Waals surface area contributed by atoms with Crippen LogP contribution in [0.4, 0.5) is 14.6 Å². The molecular weight excluding hydrogens is 242 g/mol. The van der Waals surface area contributed by atoms with Crippen LogP contribution in [0.1, 0.15) is 47.7 Å². The normalized spacial score (nSPS) is 19.7. The number of aromatic carboxylic acids is 1. The molecule has 3 N–H and O–H groups in total. The highest BCUT2D eigenvalue weighted by Gasteiger charge is 2.35. The second-order valence-electron chi connectivity index (χ2n) is 4.60. The summed E-state index contributed by atoms with van der Waals surface area (Å²) < 4.78 is 26.0. The highest BCUT2D eigenvalue weighted by Crippen LogP contribution is 2.40. The van der Waals surface area contributed by atoms with E-state index in [4.69, 9.17) is 10.8 Å². The van der Waals surface area contributed by atoms with Gasteiger partial charge in [0, 0.05) is 24.5 Å². The van der Waals surface area contributed by atoms with Gasteiger partial charge < -0.3 is 10.8 Å². The molecule has 1 aliphatic carbocycles. The van der Waals surface area contributed by atoms with Gasteiger partial charge in [0.25, 0.3) is 0 Å². The highest BCUT2D eigenvalue weighted by molar-refractivity contribution is 5.92. The largest absolute Gasteiger partial charge is 0.478 e. The first-order valence-electron chi connectivity index (χ1n) is 5.76. The van der Waals surface area contributed by atoms with Crippen molar-refractivity contribution in [3.63, 3.8) is 0 Å². The SMILES string of the molecule is Nc1nc(C2CCC(F)(F)CC2)ccc1C(=O)O. The van der Waals surface area contributed by atoms with Crippen molar-refractivity contribution in [2.24, 2.45) is 0 Å². The van der Waals surface area contributed by atoms with Gasteiger partial charge in [0.15, 0.2) is 0 Å². The molecule has 0 aromatic carbocycles. The second kappa shape index (κ2) is 4.51. The van der Waals surface area contributed by atoms with Crippen molar-refractivity contribution in [2.75, 3.05) is 5.73 Å². The first kappa shape index (κ1) is 12.7. The van der Waals surface area contributed by atoms with E-state index in [0.717, 1.165) is 0 Å². The molecule has 6 heteroatoms. The van der Waals surface area contributed by atoms with E-state index in [9.17, 15) is 13.6 Å². The number of aromatic nitrogens is 1. The summed E-state index contributed by atoms with van der Waals surface area (Å²) in [6.45, 7) is 0. The van der Waals surface area contributed by atoms with Crippen molar-refractivity contribution >= 4 is 11.8 Å². The number of nitrogens with zero attached hydrogens (tertiary/aromatic N) is 1. The van der Waals surface area contributed by atoms with Crippen LogP contribution < -0.4 is 5.73 Å². The molecule has 1 aromatic heterocycles. The van der Waals surface area contributed by atoms with E-state index in [2.05, 4.69) is 4.98 Å². The van der Waals surface area contributed by atoms with Crippen molar-refractivity contribution in [1.29, 1.82) is 0 Å². The third-order valence-electron chi connectivity index (χ3n) is 3.31. The Morgan fingerprint density at radius 1 is 1.39 bits per heavy atom. The van der Waals surface area contributed by atoms with Gasteiger partial charge in [0.2, 0.25) is 5.92 Å². The number of alkyl halides is 2. The molecule has 0 saturated heterocycles. The molecule has 1 aromatic rings. The van der Waals surface area contributed by atoms with Gasteiger partial charge >= 0.3 is 5.97 Å². The van der Waals surface area contributed by atoms with E-state index in [1.54, 1.807) is 6.07 Å². The average molecular weight is 256 g/mol. The maximum atomic E-state index is 13.0. The fourth-order valence-electron chi connectivity index (χ4n) is 2.23. The van der Waals surface area contributed by atoms with E-state index in [-0.39, 0.29) is 30.1 Å². The number of rotatable bonds is 2. The van der Waals surface area contributed by atoms with Crippen LogP contribution in [0.3, 0.4) is 0 Å². The van der Waals surface area contributed by atoms with Gasteiger partial charge in [-0.25, -0.2) is 18.6 Å². The van der Waals surface area contributed by atoms with Crippen molar-refractivity contribution < 1.29 is 18.7 Å². The first-order chi connectivity index (χ1) is 8.39. The molecule has 0 atom stereocenters. The Balaban J connectivity index is 2.16. The molecule has 1 saturated carbocycles. The summed E-state index contributed by atoms with van der Waals surface area (Å²) in [7, 11) is 0. The number of anilines is 1. The Kier molecular flexibility index (Phi) is 3.19. The zero-order chi connectivity index (χ0) is 13.3. The summed E-state index contributed by atoms with van der Waals surface area (Å²) in [5.41, 5.74) is 6.09. The van der Waals surface area contributed by atoms with Crippen LogP contribution in [0.5, 0.6) is 0 Å². The average Bonchev–Trinajstić information content (AvgIpc) is 2.28. The van der Waals surface area contributed by atoms with Crippen LogP contribution in [0.15, 0.2) is 12.1 Å². The molecule has 0 unspecified atom stereocenters. The van der Waals surface area contributed by atoms with E-state index in [1.807, 2.05) is 0 Å². The Morgan fingerprint density at radius 2 is 2.00 bits per heavy atom. The van der Waals surface area contributed by atoms with Crippen LogP contribution in [0.2, 0.25) is 0 Å². The van der Waals surface area contributed by atoms with Gasteiger partial charge in [-0.3, -0.25) is 0 Å². The Hall–Kier alpha value is -1.72. The smallest absolute Gasteiger partial charge is 0.339 e. The molecule has 4 nitrogen and oxygen atoms in total. The maximum absolute atomic E-state index is 13.0. The molecule has 1 heterocycles. The summed E-state index contributed by atoms with van der Waals surface area (Å²) in [5, 5.41) is 8.82. The van der Waals surface area contributed by atoms with Gasteiger partial charge in [0.1, 0.15) is 11.4 Å². The monoisotopic (exact) mass is 256 g/mol. The summed E-state index contributed by atoms with van der Waals surface area (Å²) in [5.74, 6) is -3.84. The molecule has 0 amide bonds. The van der Waals surface area contributed by atoms with Gasteiger partial charge in [-0.2, -0.15) is 0 Å². The predicted molar refractivity (Wildman–Crippen MR) is 61.8 cm³/mol. The van der Waals surface area contributed by atoms with Gasteiger partial charge in [0.05, 0.1) is 0 Å². The standard InChI is InChI=1S/C12H14F2N2O2/c13-12(14)5-3-7(4-6-12)9-2-1-8(11(17)18)10(15)16-9/h1-2,7H,3-6H2,(H2,15,16)(H,17,18). The molecule has 0 bridgehead atoms. The lowest BCUT2D eigenvalue weighted by atomic mass is 9.84. The summed E-state index contributed by atoms with van der Waals surface area (Å²) in [6.07, 6.45) is 0.400. The second-order valence-corrected chi connectivity index (χ2v) is 4.60. The quantitative estimate of drug-likeness (QED) is 0.852. The lowest BCUT2D eigenvalue weighted by Gasteiger charge is -2.27. The predicted octanol–water partition coefficient (Wildman–Crippen LogP) is 2.65. The lowest BCUT2D eigenvalue weighted by Crippen LogP contribution is -2.24. The van der Waals surface area contributed by atoms with Gasteiger partial charge in [-0.05, 0) is 25.0 Å². The number of nitrogen functional groups attached to an aromatic ring is 1. The van der Waals surface area contributed by atoms with Gasteiger partial charge in [-0.1, -0.05) is 0 Å². The molecule has 2 rings (SSSR count). The minimum atomic E-state index is -2.58. The molecule has 1 fully saturated rings. The summed E-state index contributed by atoms with van der Waals surface area (Å²) in [4.78, 5) is 14.8. The Labute approximate surface area is 103 Å². The van der Waals surface area contributed by atoms with Crippen molar-refractivity contribution in [1.82, 2.24) is 4.98 Å². The van der Waals surface area contributed by atoms with Gasteiger partial charge in [-0.15, -0.1) is 0 Å². The van der Waals surface area contributed by atoms with E-state index in [0.29, 0.717) is 18.5 Å². The minimum absolute atomic E-state index is 0.0557. The number of carbonyl (C=O) groups is 1. The van der Waals surface area contributed by atoms with E-state index < -0.39 is 11.9 Å². The number of halogens is 2. The van der Waals surface area contributed by atoms with Crippen LogP contribution >= 0.6 is 0 Å². The summed E-state index contributed by atoms with van der Waals surface area (Å²) >= 11 is 0. The lowest BCUT2D eigenvalue weighted by molar-refractivity contribution is -0.0384. The molecule has 18 heavy (non-hydrogen) atoms. The minimum Gasteiger partial charge on any atom is -0.478 e. The van der Waals surface area contributed by atoms with Crippen LogP contribution in [0.25, 0.3) is 0 Å². The third kappa shape index (κ3) is 2.57. The molecule has 0 aliphatic heterocycles. The molecule has 98 valence electrons. The van der Waals surface area contributed by atoms with Crippen LogP contribution in [0, 0.1) is 0 Å². The fraction of sp³-hybridized carbons (Fsp3) is 0.500. The molecule has 1 aliphatic rings. The van der Waals surface area contributed by atoms with Crippen LogP contribution in [-0.2, 0) is 0 Å². The first-order valence-corrected chi connectivity index (χ1v) is 5.76. The number of nitrogens with two attached hydrogens (primary N) is 1. The van der Waals surface area contributed by atoms with Crippen molar-refractivity contribution in [2.45, 2.75) is 37.5 Å². The number of hydrogen-bond donors (Lipinski definition) is 2. The number of carboxylic acid groups (broad SMARTS) is 1. The number of carboxylic acids is 1. The zero-order valence-electron chi connectivity index (χ0n) is 9.70. The fourth-order valence-corrected chi connectivity index (χ4v) is 2.23. The Morgan fingerprint density at radius 3 is 2.50 bits per heavy atom. The highest BCUT2D eigenvalue weighted by atomic mass is 19.3. The molecule has 0 radical (unpaired) electrons. The number of hydrogen-bond acceptors (Lipinski definition) is 3.